The van der Waals surface area contributed by atoms with Gasteiger partial charge in [-0.05, 0) is 62.2 Å². The van der Waals surface area contributed by atoms with E-state index in [1.807, 2.05) is 0 Å². The molecule has 3 aliphatic carbocycles. The van der Waals surface area contributed by atoms with Gasteiger partial charge in [0, 0.05) is 5.41 Å². The molecule has 0 saturated heterocycles. The van der Waals surface area contributed by atoms with E-state index in [4.69, 9.17) is 4.74 Å². The van der Waals surface area contributed by atoms with Crippen molar-refractivity contribution in [2.24, 2.45) is 28.6 Å². The SMILES string of the molecule is CC1CCC23CC1C(C)(C)C2CCC3(C)OC=O. The van der Waals surface area contributed by atoms with Crippen LogP contribution in [0.4, 0.5) is 0 Å². The van der Waals surface area contributed by atoms with Crippen LogP contribution in [0.15, 0.2) is 0 Å². The van der Waals surface area contributed by atoms with Gasteiger partial charge in [0.05, 0.1) is 0 Å². The fourth-order valence-electron chi connectivity index (χ4n) is 6.11. The molecule has 3 fully saturated rings. The summed E-state index contributed by atoms with van der Waals surface area (Å²) in [7, 11) is 0. The summed E-state index contributed by atoms with van der Waals surface area (Å²) in [6.07, 6.45) is 6.13. The number of rotatable bonds is 2. The average Bonchev–Trinajstić information content (AvgIpc) is 2.67. The van der Waals surface area contributed by atoms with Crippen molar-refractivity contribution < 1.29 is 9.53 Å². The summed E-state index contributed by atoms with van der Waals surface area (Å²) in [6.45, 7) is 10.2. The smallest absolute Gasteiger partial charge is 0.293 e. The molecule has 3 saturated carbocycles. The molecule has 0 aliphatic heterocycles. The number of hydrogen-bond acceptors (Lipinski definition) is 2. The second kappa shape index (κ2) is 3.52. The van der Waals surface area contributed by atoms with Gasteiger partial charge in [0.2, 0.25) is 0 Å². The van der Waals surface area contributed by atoms with Gasteiger partial charge in [-0.15, -0.1) is 0 Å². The van der Waals surface area contributed by atoms with Crippen LogP contribution in [0.5, 0.6) is 0 Å². The summed E-state index contributed by atoms with van der Waals surface area (Å²) in [4.78, 5) is 10.9. The molecule has 0 aromatic rings. The Bertz CT molecular complexity index is 375. The molecule has 0 heterocycles. The van der Waals surface area contributed by atoms with Crippen LogP contribution >= 0.6 is 0 Å². The van der Waals surface area contributed by atoms with Gasteiger partial charge in [-0.2, -0.15) is 0 Å². The average molecular weight is 250 g/mol. The minimum atomic E-state index is -0.203. The number of carbonyl (C=O) groups is 1. The first kappa shape index (κ1) is 12.5. The lowest BCUT2D eigenvalue weighted by Gasteiger charge is -2.46. The lowest BCUT2D eigenvalue weighted by molar-refractivity contribution is -0.159. The fourth-order valence-corrected chi connectivity index (χ4v) is 6.11. The van der Waals surface area contributed by atoms with E-state index < -0.39 is 0 Å². The van der Waals surface area contributed by atoms with Gasteiger partial charge in [-0.25, -0.2) is 0 Å². The third-order valence-electron chi connectivity index (χ3n) is 7.11. The van der Waals surface area contributed by atoms with Gasteiger partial charge in [0.1, 0.15) is 5.60 Å². The number of ether oxygens (including phenoxy) is 1. The van der Waals surface area contributed by atoms with Crippen LogP contribution in [0, 0.1) is 28.6 Å². The summed E-state index contributed by atoms with van der Waals surface area (Å²) in [6, 6.07) is 0. The van der Waals surface area contributed by atoms with E-state index in [1.165, 1.54) is 25.7 Å². The van der Waals surface area contributed by atoms with E-state index in [0.29, 0.717) is 11.9 Å². The number of carbonyl (C=O) groups excluding carboxylic acids is 1. The molecule has 2 heteroatoms. The van der Waals surface area contributed by atoms with Crippen molar-refractivity contribution in [2.75, 3.05) is 0 Å². The maximum absolute atomic E-state index is 10.9. The van der Waals surface area contributed by atoms with E-state index in [-0.39, 0.29) is 11.0 Å². The van der Waals surface area contributed by atoms with Crippen molar-refractivity contribution in [2.45, 2.75) is 65.4 Å². The van der Waals surface area contributed by atoms with Gasteiger partial charge in [0.15, 0.2) is 0 Å². The third-order valence-corrected chi connectivity index (χ3v) is 7.11. The molecular formula is C16H26O2. The highest BCUT2D eigenvalue weighted by Gasteiger charge is 2.70. The first-order valence-electron chi connectivity index (χ1n) is 7.49. The standard InChI is InChI=1S/C16H26O2/c1-11-5-8-16-9-12(11)14(2,3)13(16)6-7-15(16,4)18-10-17/h10-13H,5-9H2,1-4H3. The van der Waals surface area contributed by atoms with Crippen molar-refractivity contribution in [3.8, 4) is 0 Å². The Morgan fingerprint density at radius 1 is 1.17 bits per heavy atom. The largest absolute Gasteiger partial charge is 0.461 e. The molecule has 3 rings (SSSR count). The number of hydrogen-bond donors (Lipinski definition) is 0. The van der Waals surface area contributed by atoms with Gasteiger partial charge >= 0.3 is 0 Å². The Kier molecular flexibility index (Phi) is 2.44. The summed E-state index contributed by atoms with van der Waals surface area (Å²) < 4.78 is 5.63. The molecule has 0 aromatic carbocycles. The molecule has 2 nitrogen and oxygen atoms in total. The highest BCUT2D eigenvalue weighted by molar-refractivity contribution is 5.40. The molecule has 18 heavy (non-hydrogen) atoms. The Balaban J connectivity index is 2.05. The maximum Gasteiger partial charge on any atom is 0.293 e. The van der Waals surface area contributed by atoms with Crippen molar-refractivity contribution in [3.63, 3.8) is 0 Å². The second-order valence-corrected chi connectivity index (χ2v) is 7.84. The Morgan fingerprint density at radius 2 is 1.89 bits per heavy atom. The van der Waals surface area contributed by atoms with Crippen LogP contribution in [-0.4, -0.2) is 12.1 Å². The van der Waals surface area contributed by atoms with Gasteiger partial charge in [-0.1, -0.05) is 20.8 Å². The summed E-state index contributed by atoms with van der Waals surface area (Å²) in [5.41, 5.74) is 0.486. The molecule has 2 bridgehead atoms. The molecule has 0 N–H and O–H groups in total. The highest BCUT2D eigenvalue weighted by atomic mass is 16.5. The fraction of sp³-hybridized carbons (Fsp3) is 0.938. The molecule has 1 spiro atoms. The van der Waals surface area contributed by atoms with E-state index in [1.54, 1.807) is 0 Å². The van der Waals surface area contributed by atoms with Gasteiger partial charge in [0.25, 0.3) is 6.47 Å². The molecular weight excluding hydrogens is 224 g/mol. The van der Waals surface area contributed by atoms with E-state index in [0.717, 1.165) is 24.2 Å². The minimum absolute atomic E-state index is 0.203. The zero-order valence-electron chi connectivity index (χ0n) is 12.2. The zero-order chi connectivity index (χ0) is 13.2. The summed E-state index contributed by atoms with van der Waals surface area (Å²) in [5, 5.41) is 0. The molecule has 0 radical (unpaired) electrons. The van der Waals surface area contributed by atoms with Crippen LogP contribution in [0.3, 0.4) is 0 Å². The molecule has 5 atom stereocenters. The molecule has 3 aliphatic rings. The quantitative estimate of drug-likeness (QED) is 0.697. The molecule has 5 unspecified atom stereocenters. The second-order valence-electron chi connectivity index (χ2n) is 7.84. The Labute approximate surface area is 110 Å². The van der Waals surface area contributed by atoms with Crippen molar-refractivity contribution >= 4 is 6.47 Å². The van der Waals surface area contributed by atoms with Crippen LogP contribution in [-0.2, 0) is 9.53 Å². The zero-order valence-corrected chi connectivity index (χ0v) is 12.2. The van der Waals surface area contributed by atoms with E-state index >= 15 is 0 Å². The van der Waals surface area contributed by atoms with Crippen molar-refractivity contribution in [1.82, 2.24) is 0 Å². The molecule has 0 amide bonds. The van der Waals surface area contributed by atoms with Crippen LogP contribution < -0.4 is 0 Å². The molecule has 102 valence electrons. The van der Waals surface area contributed by atoms with Crippen LogP contribution in [0.2, 0.25) is 0 Å². The lowest BCUT2D eigenvalue weighted by Crippen LogP contribution is -2.46. The summed E-state index contributed by atoms with van der Waals surface area (Å²) in [5.74, 6) is 2.38. The maximum atomic E-state index is 10.9. The van der Waals surface area contributed by atoms with Crippen LogP contribution in [0.1, 0.15) is 59.8 Å². The van der Waals surface area contributed by atoms with Crippen LogP contribution in [0.25, 0.3) is 0 Å². The highest BCUT2D eigenvalue weighted by Crippen LogP contribution is 2.74. The van der Waals surface area contributed by atoms with Crippen molar-refractivity contribution in [3.05, 3.63) is 0 Å². The van der Waals surface area contributed by atoms with E-state index in [9.17, 15) is 4.79 Å². The normalized spacial score (nSPS) is 53.0. The topological polar surface area (TPSA) is 26.3 Å². The van der Waals surface area contributed by atoms with Crippen molar-refractivity contribution in [1.29, 1.82) is 0 Å². The first-order valence-corrected chi connectivity index (χ1v) is 7.49. The minimum Gasteiger partial charge on any atom is -0.461 e. The van der Waals surface area contributed by atoms with E-state index in [2.05, 4.69) is 27.7 Å². The predicted octanol–water partition coefficient (Wildman–Crippen LogP) is 3.79. The number of fused-ring (bicyclic) bond motifs is 1. The van der Waals surface area contributed by atoms with Gasteiger partial charge < -0.3 is 4.74 Å². The molecule has 0 aromatic heterocycles. The first-order chi connectivity index (χ1) is 8.37. The Hall–Kier alpha value is -0.530. The van der Waals surface area contributed by atoms with Gasteiger partial charge in [-0.3, -0.25) is 4.79 Å². The third kappa shape index (κ3) is 1.22. The predicted molar refractivity (Wildman–Crippen MR) is 71.0 cm³/mol. The Morgan fingerprint density at radius 3 is 2.56 bits per heavy atom. The lowest BCUT2D eigenvalue weighted by atomic mass is 9.63. The monoisotopic (exact) mass is 250 g/mol. The summed E-state index contributed by atoms with van der Waals surface area (Å²) >= 11 is 0.